The molecule has 0 aliphatic rings. The lowest BCUT2D eigenvalue weighted by atomic mass is 10.2. The number of aryl methyl sites for hydroxylation is 1. The topological polar surface area (TPSA) is 81.3 Å². The fourth-order valence-corrected chi connectivity index (χ4v) is 3.89. The molecular formula is C24H17ClFN5O2. The molecule has 0 aliphatic carbocycles. The van der Waals surface area contributed by atoms with Crippen molar-refractivity contribution >= 4 is 39.9 Å². The third kappa shape index (κ3) is 3.96. The predicted octanol–water partition coefficient (Wildman–Crippen LogP) is 4.45. The molecule has 5 rings (SSSR count). The summed E-state index contributed by atoms with van der Waals surface area (Å²) in [6, 6.07) is 18.3. The molecule has 0 saturated heterocycles. The van der Waals surface area contributed by atoms with Crippen molar-refractivity contribution in [1.29, 1.82) is 0 Å². The lowest BCUT2D eigenvalue weighted by Crippen LogP contribution is -2.24. The molecule has 33 heavy (non-hydrogen) atoms. The molecule has 7 nitrogen and oxygen atoms in total. The van der Waals surface area contributed by atoms with Crippen molar-refractivity contribution in [3.8, 4) is 0 Å². The summed E-state index contributed by atoms with van der Waals surface area (Å²) in [4.78, 5) is 30.4. The molecule has 0 aliphatic heterocycles. The van der Waals surface area contributed by atoms with Gasteiger partial charge in [-0.15, -0.1) is 5.10 Å². The first-order valence-corrected chi connectivity index (χ1v) is 10.5. The number of nitrogens with zero attached hydrogens (tertiary/aromatic N) is 4. The van der Waals surface area contributed by atoms with E-state index in [9.17, 15) is 14.0 Å². The highest BCUT2D eigenvalue weighted by Crippen LogP contribution is 2.19. The lowest BCUT2D eigenvalue weighted by molar-refractivity contribution is 0.101. The van der Waals surface area contributed by atoms with Gasteiger partial charge in [-0.1, -0.05) is 35.9 Å². The van der Waals surface area contributed by atoms with Crippen LogP contribution in [0.5, 0.6) is 0 Å². The van der Waals surface area contributed by atoms with Crippen LogP contribution in [-0.4, -0.2) is 25.1 Å². The summed E-state index contributed by atoms with van der Waals surface area (Å²) in [5.74, 6) is -1.11. The van der Waals surface area contributed by atoms with Crippen LogP contribution in [0.1, 0.15) is 21.7 Å². The van der Waals surface area contributed by atoms with E-state index in [1.807, 2.05) is 25.1 Å². The van der Waals surface area contributed by atoms with E-state index < -0.39 is 11.5 Å². The van der Waals surface area contributed by atoms with E-state index in [1.54, 1.807) is 36.4 Å². The van der Waals surface area contributed by atoms with Crippen molar-refractivity contribution in [3.05, 3.63) is 105 Å². The number of rotatable bonds is 4. The van der Waals surface area contributed by atoms with E-state index in [0.29, 0.717) is 27.3 Å². The predicted molar refractivity (Wildman–Crippen MR) is 124 cm³/mol. The zero-order valence-electron chi connectivity index (χ0n) is 17.4. The number of nitrogens with one attached hydrogen (secondary N) is 1. The summed E-state index contributed by atoms with van der Waals surface area (Å²) in [5.41, 5.74) is 2.81. The Labute approximate surface area is 192 Å². The number of aromatic nitrogens is 4. The zero-order valence-corrected chi connectivity index (χ0v) is 18.2. The minimum absolute atomic E-state index is 0.000926. The molecule has 2 aromatic heterocycles. The van der Waals surface area contributed by atoms with Crippen LogP contribution in [0.2, 0.25) is 5.02 Å². The third-order valence-electron chi connectivity index (χ3n) is 5.21. The van der Waals surface area contributed by atoms with E-state index in [2.05, 4.69) is 15.4 Å². The molecule has 5 aromatic rings. The van der Waals surface area contributed by atoms with Gasteiger partial charge in [0.25, 0.3) is 11.5 Å². The van der Waals surface area contributed by atoms with Crippen molar-refractivity contribution < 1.29 is 9.18 Å². The number of carbonyl (C=O) groups excluding carboxylic acids is 1. The molecule has 0 radical (unpaired) electrons. The Kier molecular flexibility index (Phi) is 5.14. The van der Waals surface area contributed by atoms with Gasteiger partial charge in [-0.2, -0.15) is 4.98 Å². The molecule has 1 N–H and O–H groups in total. The number of hydrogen-bond acceptors (Lipinski definition) is 4. The largest absolute Gasteiger partial charge is 0.319 e. The lowest BCUT2D eigenvalue weighted by Gasteiger charge is -2.12. The van der Waals surface area contributed by atoms with E-state index >= 15 is 0 Å². The van der Waals surface area contributed by atoms with Crippen LogP contribution in [0.15, 0.2) is 71.5 Å². The molecular weight excluding hydrogens is 445 g/mol. The second-order valence-electron chi connectivity index (χ2n) is 7.65. The van der Waals surface area contributed by atoms with Gasteiger partial charge in [0.2, 0.25) is 11.5 Å². The highest BCUT2D eigenvalue weighted by Gasteiger charge is 2.19. The van der Waals surface area contributed by atoms with Crippen LogP contribution >= 0.6 is 11.6 Å². The van der Waals surface area contributed by atoms with Crippen molar-refractivity contribution in [2.24, 2.45) is 0 Å². The van der Waals surface area contributed by atoms with Crippen molar-refractivity contribution in [2.75, 3.05) is 5.32 Å². The Hall–Kier alpha value is -4.04. The molecule has 164 valence electrons. The number of amides is 1. The molecule has 0 unspecified atom stereocenters. The summed E-state index contributed by atoms with van der Waals surface area (Å²) >= 11 is 5.98. The zero-order chi connectivity index (χ0) is 23.1. The van der Waals surface area contributed by atoms with E-state index in [-0.39, 0.29) is 23.8 Å². The van der Waals surface area contributed by atoms with Gasteiger partial charge in [-0.3, -0.25) is 14.2 Å². The molecule has 3 aromatic carbocycles. The van der Waals surface area contributed by atoms with E-state index in [1.165, 1.54) is 21.2 Å². The number of anilines is 1. The van der Waals surface area contributed by atoms with Crippen molar-refractivity contribution in [1.82, 2.24) is 19.2 Å². The molecule has 0 saturated carbocycles. The average molecular weight is 462 g/mol. The highest BCUT2D eigenvalue weighted by molar-refractivity contribution is 6.30. The Balaban J connectivity index is 1.65. The van der Waals surface area contributed by atoms with Gasteiger partial charge in [0.15, 0.2) is 0 Å². The summed E-state index contributed by atoms with van der Waals surface area (Å²) in [6.07, 6.45) is 0. The Bertz CT molecular complexity index is 1610. The first-order chi connectivity index (χ1) is 15.9. The normalized spacial score (nSPS) is 11.2. The highest BCUT2D eigenvalue weighted by atomic mass is 35.5. The van der Waals surface area contributed by atoms with Gasteiger partial charge >= 0.3 is 0 Å². The summed E-state index contributed by atoms with van der Waals surface area (Å²) < 4.78 is 16.6. The maximum Gasteiger partial charge on any atom is 0.296 e. The van der Waals surface area contributed by atoms with Crippen LogP contribution in [0.25, 0.3) is 16.7 Å². The van der Waals surface area contributed by atoms with E-state index in [0.717, 1.165) is 5.56 Å². The molecule has 1 amide bonds. The first-order valence-electron chi connectivity index (χ1n) is 10.1. The molecule has 9 heteroatoms. The maximum atomic E-state index is 13.7. The SMILES string of the molecule is Cc1ccc2c(c1)n(Cc1cccc(F)c1)c(=O)c1nc(C(=O)Nc3cccc(Cl)c3)nn12. The van der Waals surface area contributed by atoms with Crippen LogP contribution < -0.4 is 10.9 Å². The van der Waals surface area contributed by atoms with Gasteiger partial charge in [0, 0.05) is 10.7 Å². The minimum atomic E-state index is -0.572. The second kappa shape index (κ2) is 8.14. The van der Waals surface area contributed by atoms with Crippen molar-refractivity contribution in [2.45, 2.75) is 13.5 Å². The quantitative estimate of drug-likeness (QED) is 0.429. The number of halogens is 2. The summed E-state index contributed by atoms with van der Waals surface area (Å²) in [5, 5.41) is 7.45. The Morgan fingerprint density at radius 1 is 1.06 bits per heavy atom. The maximum absolute atomic E-state index is 13.7. The summed E-state index contributed by atoms with van der Waals surface area (Å²) in [6.45, 7) is 2.05. The molecule has 0 bridgehead atoms. The van der Waals surface area contributed by atoms with Crippen molar-refractivity contribution in [3.63, 3.8) is 0 Å². The number of hydrogen-bond donors (Lipinski definition) is 1. The van der Waals surface area contributed by atoms with Gasteiger partial charge in [0.05, 0.1) is 17.6 Å². The Morgan fingerprint density at radius 2 is 1.88 bits per heavy atom. The van der Waals surface area contributed by atoms with Gasteiger partial charge in [0.1, 0.15) is 5.82 Å². The standard InChI is InChI=1S/C24H17ClFN5O2/c1-14-8-9-19-20(10-14)30(13-15-4-2-6-17(26)11-15)24(33)22-28-21(29-31(19)22)23(32)27-18-7-3-5-16(25)12-18/h2-12H,13H2,1H3,(H,27,32). The van der Waals surface area contributed by atoms with Crippen LogP contribution in [0, 0.1) is 12.7 Å². The molecule has 0 fully saturated rings. The smallest absolute Gasteiger partial charge is 0.296 e. The molecule has 0 spiro atoms. The van der Waals surface area contributed by atoms with Crippen LogP contribution in [-0.2, 0) is 6.54 Å². The molecule has 0 atom stereocenters. The molecule has 2 heterocycles. The first kappa shape index (κ1) is 20.8. The monoisotopic (exact) mass is 461 g/mol. The minimum Gasteiger partial charge on any atom is -0.319 e. The van der Waals surface area contributed by atoms with Gasteiger partial charge < -0.3 is 5.32 Å². The fourth-order valence-electron chi connectivity index (χ4n) is 3.70. The number of fused-ring (bicyclic) bond motifs is 3. The third-order valence-corrected chi connectivity index (χ3v) is 5.44. The van der Waals surface area contributed by atoms with Gasteiger partial charge in [-0.05, 0) is 60.5 Å². The average Bonchev–Trinajstić information content (AvgIpc) is 3.23. The summed E-state index contributed by atoms with van der Waals surface area (Å²) in [7, 11) is 0. The Morgan fingerprint density at radius 3 is 2.67 bits per heavy atom. The second-order valence-corrected chi connectivity index (χ2v) is 8.09. The fraction of sp³-hybridized carbons (Fsp3) is 0.0833. The number of benzene rings is 3. The van der Waals surface area contributed by atoms with Crippen LogP contribution in [0.3, 0.4) is 0 Å². The van der Waals surface area contributed by atoms with Crippen LogP contribution in [0.4, 0.5) is 10.1 Å². The van der Waals surface area contributed by atoms with Gasteiger partial charge in [-0.25, -0.2) is 8.91 Å². The van der Waals surface area contributed by atoms with E-state index in [4.69, 9.17) is 11.6 Å². The number of carbonyl (C=O) groups is 1.